The Morgan fingerprint density at radius 2 is 1.29 bits per heavy atom. The van der Waals surface area contributed by atoms with Gasteiger partial charge in [0.2, 0.25) is 0 Å². The van der Waals surface area contributed by atoms with E-state index in [1.54, 1.807) is 24.3 Å². The maximum atomic E-state index is 12.3. The Balaban J connectivity index is 1.35. The van der Waals surface area contributed by atoms with Crippen LogP contribution in [0.1, 0.15) is 49.4 Å². The van der Waals surface area contributed by atoms with Gasteiger partial charge in [0.05, 0.1) is 6.61 Å². The molecule has 0 aliphatic rings. The zero-order chi connectivity index (χ0) is 24.0. The molecule has 0 bridgehead atoms. The van der Waals surface area contributed by atoms with E-state index in [1.165, 1.54) is 19.3 Å². The first-order valence-corrected chi connectivity index (χ1v) is 11.8. The van der Waals surface area contributed by atoms with E-state index in [4.69, 9.17) is 9.47 Å². The first-order valence-electron chi connectivity index (χ1n) is 11.8. The minimum Gasteiger partial charge on any atom is -0.494 e. The fourth-order valence-electron chi connectivity index (χ4n) is 3.36. The van der Waals surface area contributed by atoms with Gasteiger partial charge in [0.25, 0.3) is 11.8 Å². The molecular weight excluding hydrogens is 428 g/mol. The van der Waals surface area contributed by atoms with Gasteiger partial charge >= 0.3 is 0 Å². The average Bonchev–Trinajstić information content (AvgIpc) is 2.89. The predicted octanol–water partition coefficient (Wildman–Crippen LogP) is 5.54. The van der Waals surface area contributed by atoms with Crippen molar-refractivity contribution in [2.24, 2.45) is 0 Å². The zero-order valence-corrected chi connectivity index (χ0v) is 19.6. The lowest BCUT2D eigenvalue weighted by Gasteiger charge is -2.10. The smallest absolute Gasteiger partial charge is 0.276 e. The summed E-state index contributed by atoms with van der Waals surface area (Å²) in [4.78, 5) is 24.3. The van der Waals surface area contributed by atoms with Gasteiger partial charge in [-0.15, -0.1) is 0 Å². The standard InChI is InChI=1S/C28H32N2O4/c1-2-3-4-5-9-20-33-25-18-14-24(15-19-25)28(32)30-29-27(31)21-34-26-16-12-23(13-17-26)22-10-7-6-8-11-22/h6-8,10-19H,2-5,9,20-21H2,1H3,(H,29,31)(H,30,32). The quantitative estimate of drug-likeness (QED) is 0.275. The third-order valence-corrected chi connectivity index (χ3v) is 5.28. The van der Waals surface area contributed by atoms with E-state index in [2.05, 4.69) is 17.8 Å². The number of amides is 2. The molecule has 34 heavy (non-hydrogen) atoms. The Hall–Kier alpha value is -3.80. The van der Waals surface area contributed by atoms with Gasteiger partial charge in [-0.25, -0.2) is 0 Å². The maximum absolute atomic E-state index is 12.3. The molecule has 6 heteroatoms. The fourth-order valence-corrected chi connectivity index (χ4v) is 3.36. The zero-order valence-electron chi connectivity index (χ0n) is 19.6. The number of ether oxygens (including phenoxy) is 2. The van der Waals surface area contributed by atoms with Crippen molar-refractivity contribution in [3.8, 4) is 22.6 Å². The molecule has 3 rings (SSSR count). The van der Waals surface area contributed by atoms with Crippen molar-refractivity contribution in [3.63, 3.8) is 0 Å². The molecule has 2 N–H and O–H groups in total. The summed E-state index contributed by atoms with van der Waals surface area (Å²) >= 11 is 0. The highest BCUT2D eigenvalue weighted by molar-refractivity contribution is 5.95. The Bertz CT molecular complexity index is 1020. The SMILES string of the molecule is CCCCCCCOc1ccc(C(=O)NNC(=O)COc2ccc(-c3ccccc3)cc2)cc1. The van der Waals surface area contributed by atoms with Crippen LogP contribution in [0.4, 0.5) is 0 Å². The van der Waals surface area contributed by atoms with Gasteiger partial charge in [-0.05, 0) is 53.9 Å². The molecule has 0 fully saturated rings. The van der Waals surface area contributed by atoms with Gasteiger partial charge in [-0.1, -0.05) is 75.1 Å². The predicted molar refractivity (Wildman–Crippen MR) is 134 cm³/mol. The second-order valence-corrected chi connectivity index (χ2v) is 7.97. The Morgan fingerprint density at radius 1 is 0.676 bits per heavy atom. The highest BCUT2D eigenvalue weighted by atomic mass is 16.5. The highest BCUT2D eigenvalue weighted by Crippen LogP contribution is 2.22. The fraction of sp³-hybridized carbons (Fsp3) is 0.286. The molecule has 6 nitrogen and oxygen atoms in total. The van der Waals surface area contributed by atoms with Gasteiger partial charge < -0.3 is 9.47 Å². The van der Waals surface area contributed by atoms with Crippen LogP contribution in [0, 0.1) is 0 Å². The first-order chi connectivity index (χ1) is 16.7. The van der Waals surface area contributed by atoms with Crippen molar-refractivity contribution >= 4 is 11.8 Å². The Morgan fingerprint density at radius 3 is 2.00 bits per heavy atom. The van der Waals surface area contributed by atoms with Gasteiger partial charge in [-0.2, -0.15) is 0 Å². The van der Waals surface area contributed by atoms with Crippen molar-refractivity contribution in [1.29, 1.82) is 0 Å². The molecule has 0 aromatic heterocycles. The van der Waals surface area contributed by atoms with Crippen molar-refractivity contribution < 1.29 is 19.1 Å². The second-order valence-electron chi connectivity index (χ2n) is 7.97. The minimum absolute atomic E-state index is 0.212. The lowest BCUT2D eigenvalue weighted by atomic mass is 10.1. The Kier molecular flexibility index (Phi) is 9.99. The van der Waals surface area contributed by atoms with Crippen molar-refractivity contribution in [2.45, 2.75) is 39.0 Å². The summed E-state index contributed by atoms with van der Waals surface area (Å²) in [5.41, 5.74) is 7.36. The molecule has 0 atom stereocenters. The van der Waals surface area contributed by atoms with E-state index >= 15 is 0 Å². The molecule has 0 saturated heterocycles. The molecule has 3 aromatic rings. The van der Waals surface area contributed by atoms with E-state index in [0.717, 1.165) is 29.7 Å². The van der Waals surface area contributed by atoms with Crippen molar-refractivity contribution in [2.75, 3.05) is 13.2 Å². The summed E-state index contributed by atoms with van der Waals surface area (Å²) in [6, 6.07) is 24.3. The number of rotatable bonds is 12. The van der Waals surface area contributed by atoms with Crippen LogP contribution in [0.3, 0.4) is 0 Å². The number of benzene rings is 3. The topological polar surface area (TPSA) is 76.7 Å². The second kappa shape index (κ2) is 13.7. The van der Waals surface area contributed by atoms with Gasteiger partial charge in [0.1, 0.15) is 11.5 Å². The molecule has 178 valence electrons. The number of unbranched alkanes of at least 4 members (excludes halogenated alkanes) is 4. The first kappa shape index (κ1) is 24.8. The third kappa shape index (κ3) is 8.28. The monoisotopic (exact) mass is 460 g/mol. The third-order valence-electron chi connectivity index (χ3n) is 5.28. The van der Waals surface area contributed by atoms with E-state index in [0.29, 0.717) is 17.9 Å². The van der Waals surface area contributed by atoms with E-state index in [9.17, 15) is 9.59 Å². The maximum Gasteiger partial charge on any atom is 0.276 e. The molecular formula is C28H32N2O4. The molecule has 0 saturated carbocycles. The molecule has 3 aromatic carbocycles. The van der Waals surface area contributed by atoms with Crippen LogP contribution in [0.15, 0.2) is 78.9 Å². The van der Waals surface area contributed by atoms with Crippen molar-refractivity contribution in [3.05, 3.63) is 84.4 Å². The van der Waals surface area contributed by atoms with Crippen LogP contribution in [0.25, 0.3) is 11.1 Å². The molecule has 0 spiro atoms. The van der Waals surface area contributed by atoms with Gasteiger partial charge in [0, 0.05) is 5.56 Å². The van der Waals surface area contributed by atoms with Crippen LogP contribution < -0.4 is 20.3 Å². The van der Waals surface area contributed by atoms with Gasteiger partial charge in [0.15, 0.2) is 6.61 Å². The van der Waals surface area contributed by atoms with Gasteiger partial charge in [-0.3, -0.25) is 20.4 Å². The summed E-state index contributed by atoms with van der Waals surface area (Å²) in [5.74, 6) is 0.431. The van der Waals surface area contributed by atoms with Crippen LogP contribution in [0.2, 0.25) is 0 Å². The number of carbonyl (C=O) groups excluding carboxylic acids is 2. The number of hydrogen-bond donors (Lipinski definition) is 2. The van der Waals surface area contributed by atoms with Crippen molar-refractivity contribution in [1.82, 2.24) is 10.9 Å². The number of carbonyl (C=O) groups is 2. The van der Waals surface area contributed by atoms with Crippen LogP contribution in [-0.4, -0.2) is 25.0 Å². The normalized spacial score (nSPS) is 10.4. The summed E-state index contributed by atoms with van der Waals surface area (Å²) in [7, 11) is 0. The minimum atomic E-state index is -0.455. The average molecular weight is 461 g/mol. The number of hydrazine groups is 1. The van der Waals surface area contributed by atoms with E-state index in [1.807, 2.05) is 54.6 Å². The molecule has 0 aliphatic heterocycles. The Labute approximate surface area is 201 Å². The summed E-state index contributed by atoms with van der Waals surface area (Å²) in [6.45, 7) is 2.65. The molecule has 0 heterocycles. The van der Waals surface area contributed by atoms with Crippen LogP contribution in [0.5, 0.6) is 11.5 Å². The lowest BCUT2D eigenvalue weighted by molar-refractivity contribution is -0.123. The van der Waals surface area contributed by atoms with Crippen LogP contribution in [-0.2, 0) is 4.79 Å². The van der Waals surface area contributed by atoms with E-state index < -0.39 is 11.8 Å². The summed E-state index contributed by atoms with van der Waals surface area (Å²) in [5, 5.41) is 0. The summed E-state index contributed by atoms with van der Waals surface area (Å²) < 4.78 is 11.2. The molecule has 2 amide bonds. The molecule has 0 radical (unpaired) electrons. The summed E-state index contributed by atoms with van der Waals surface area (Å²) in [6.07, 6.45) is 5.90. The molecule has 0 unspecified atom stereocenters. The van der Waals surface area contributed by atoms with Crippen LogP contribution >= 0.6 is 0 Å². The molecule has 0 aliphatic carbocycles. The van der Waals surface area contributed by atoms with E-state index in [-0.39, 0.29) is 6.61 Å². The number of hydrogen-bond acceptors (Lipinski definition) is 4. The highest BCUT2D eigenvalue weighted by Gasteiger charge is 2.09. The lowest BCUT2D eigenvalue weighted by Crippen LogP contribution is -2.43. The number of nitrogens with one attached hydrogen (secondary N) is 2. The largest absolute Gasteiger partial charge is 0.494 e.